The van der Waals surface area contributed by atoms with Crippen LogP contribution in [0, 0.1) is 11.3 Å². The summed E-state index contributed by atoms with van der Waals surface area (Å²) in [5.74, 6) is 0.755. The Morgan fingerprint density at radius 2 is 2.07 bits per heavy atom. The molecule has 1 aliphatic heterocycles. The lowest BCUT2D eigenvalue weighted by atomic mass is 9.68. The number of aliphatic hydroxyl groups is 1. The van der Waals surface area contributed by atoms with Crippen molar-refractivity contribution in [2.45, 2.75) is 51.6 Å². The Morgan fingerprint density at radius 1 is 1.36 bits per heavy atom. The van der Waals surface area contributed by atoms with Crippen LogP contribution in [0.15, 0.2) is 0 Å². The van der Waals surface area contributed by atoms with Crippen molar-refractivity contribution in [2.75, 3.05) is 13.1 Å². The summed E-state index contributed by atoms with van der Waals surface area (Å²) in [5.41, 5.74) is 0.147. The first-order valence-corrected chi connectivity index (χ1v) is 5.92. The maximum Gasteiger partial charge on any atom is 0.0897 e. The molecule has 2 rings (SSSR count). The standard InChI is InChI=1S/C12H23NO/c1-11(2)5-3-4-10(6-11)7-12(14)8-13-9-12/h10,13-14H,3-9H2,1-2H3. The van der Waals surface area contributed by atoms with Crippen molar-refractivity contribution in [1.29, 1.82) is 0 Å². The molecule has 2 heteroatoms. The highest BCUT2D eigenvalue weighted by Crippen LogP contribution is 2.41. The Bertz CT molecular complexity index is 208. The van der Waals surface area contributed by atoms with Gasteiger partial charge in [-0.05, 0) is 30.6 Å². The Morgan fingerprint density at radius 3 is 2.57 bits per heavy atom. The zero-order chi connectivity index (χ0) is 10.2. The van der Waals surface area contributed by atoms with Gasteiger partial charge in [0.1, 0.15) is 0 Å². The molecule has 1 saturated carbocycles. The van der Waals surface area contributed by atoms with Gasteiger partial charge in [-0.25, -0.2) is 0 Å². The molecule has 2 N–H and O–H groups in total. The van der Waals surface area contributed by atoms with Gasteiger partial charge in [-0.15, -0.1) is 0 Å². The summed E-state index contributed by atoms with van der Waals surface area (Å²) in [7, 11) is 0. The lowest BCUT2D eigenvalue weighted by molar-refractivity contribution is -0.0402. The van der Waals surface area contributed by atoms with Gasteiger partial charge in [-0.1, -0.05) is 26.7 Å². The number of nitrogens with one attached hydrogen (secondary N) is 1. The van der Waals surface area contributed by atoms with Gasteiger partial charge in [0.25, 0.3) is 0 Å². The van der Waals surface area contributed by atoms with E-state index in [4.69, 9.17) is 0 Å². The van der Waals surface area contributed by atoms with Gasteiger partial charge in [-0.2, -0.15) is 0 Å². The Kier molecular flexibility index (Phi) is 2.61. The maximum absolute atomic E-state index is 10.1. The Balaban J connectivity index is 1.86. The van der Waals surface area contributed by atoms with E-state index in [9.17, 15) is 5.11 Å². The molecule has 0 amide bonds. The van der Waals surface area contributed by atoms with Crippen molar-refractivity contribution in [1.82, 2.24) is 5.32 Å². The molecule has 1 unspecified atom stereocenters. The summed E-state index contributed by atoms with van der Waals surface area (Å²) in [5, 5.41) is 13.2. The van der Waals surface area contributed by atoms with Gasteiger partial charge >= 0.3 is 0 Å². The van der Waals surface area contributed by atoms with Gasteiger partial charge in [0.05, 0.1) is 5.60 Å². The first kappa shape index (κ1) is 10.4. The van der Waals surface area contributed by atoms with Crippen LogP contribution < -0.4 is 5.32 Å². The predicted molar refractivity (Wildman–Crippen MR) is 58.2 cm³/mol. The Hall–Kier alpha value is -0.0800. The maximum atomic E-state index is 10.1. The van der Waals surface area contributed by atoms with Crippen molar-refractivity contribution in [2.24, 2.45) is 11.3 Å². The monoisotopic (exact) mass is 197 g/mol. The number of hydrogen-bond donors (Lipinski definition) is 2. The highest BCUT2D eigenvalue weighted by atomic mass is 16.3. The summed E-state index contributed by atoms with van der Waals surface area (Å²) < 4.78 is 0. The molecular formula is C12H23NO. The molecule has 2 fully saturated rings. The fourth-order valence-electron chi connectivity index (χ4n) is 3.12. The van der Waals surface area contributed by atoms with E-state index in [1.807, 2.05) is 0 Å². The second-order valence-electron chi connectivity index (χ2n) is 6.16. The molecule has 1 aliphatic carbocycles. The highest BCUT2D eigenvalue weighted by Gasteiger charge is 2.39. The van der Waals surface area contributed by atoms with Crippen LogP contribution in [0.3, 0.4) is 0 Å². The smallest absolute Gasteiger partial charge is 0.0897 e. The summed E-state index contributed by atoms with van der Waals surface area (Å²) >= 11 is 0. The molecule has 0 bridgehead atoms. The molecular weight excluding hydrogens is 174 g/mol. The van der Waals surface area contributed by atoms with E-state index in [1.54, 1.807) is 0 Å². The van der Waals surface area contributed by atoms with E-state index in [2.05, 4.69) is 19.2 Å². The summed E-state index contributed by atoms with van der Waals surface area (Å²) in [6, 6.07) is 0. The second kappa shape index (κ2) is 3.49. The Labute approximate surface area is 87.1 Å². The molecule has 0 aromatic rings. The predicted octanol–water partition coefficient (Wildman–Crippen LogP) is 1.93. The van der Waals surface area contributed by atoms with Crippen LogP contribution in [-0.4, -0.2) is 23.8 Å². The van der Waals surface area contributed by atoms with E-state index in [0.29, 0.717) is 5.41 Å². The van der Waals surface area contributed by atoms with Crippen LogP contribution in [0.5, 0.6) is 0 Å². The van der Waals surface area contributed by atoms with Crippen LogP contribution >= 0.6 is 0 Å². The fraction of sp³-hybridized carbons (Fsp3) is 1.00. The number of hydrogen-bond acceptors (Lipinski definition) is 2. The van der Waals surface area contributed by atoms with Crippen molar-refractivity contribution in [3.63, 3.8) is 0 Å². The van der Waals surface area contributed by atoms with Gasteiger partial charge in [0.2, 0.25) is 0 Å². The second-order valence-corrected chi connectivity index (χ2v) is 6.16. The van der Waals surface area contributed by atoms with Gasteiger partial charge < -0.3 is 10.4 Å². The van der Waals surface area contributed by atoms with Crippen molar-refractivity contribution >= 4 is 0 Å². The zero-order valence-electron chi connectivity index (χ0n) is 9.47. The quantitative estimate of drug-likeness (QED) is 0.709. The van der Waals surface area contributed by atoms with Crippen LogP contribution in [0.1, 0.15) is 46.0 Å². The molecule has 1 atom stereocenters. The molecule has 2 nitrogen and oxygen atoms in total. The SMILES string of the molecule is CC1(C)CCCC(CC2(O)CNC2)C1. The van der Waals surface area contributed by atoms with Gasteiger partial charge in [0.15, 0.2) is 0 Å². The van der Waals surface area contributed by atoms with Gasteiger partial charge in [0, 0.05) is 13.1 Å². The molecule has 14 heavy (non-hydrogen) atoms. The van der Waals surface area contributed by atoms with Crippen molar-refractivity contribution in [3.8, 4) is 0 Å². The lowest BCUT2D eigenvalue weighted by Gasteiger charge is -2.43. The van der Waals surface area contributed by atoms with Gasteiger partial charge in [-0.3, -0.25) is 0 Å². The molecule has 0 aromatic heterocycles. The molecule has 0 spiro atoms. The molecule has 1 heterocycles. The van der Waals surface area contributed by atoms with Crippen LogP contribution in [0.4, 0.5) is 0 Å². The van der Waals surface area contributed by atoms with E-state index in [1.165, 1.54) is 25.7 Å². The molecule has 82 valence electrons. The van der Waals surface area contributed by atoms with E-state index < -0.39 is 0 Å². The van der Waals surface area contributed by atoms with Crippen molar-refractivity contribution < 1.29 is 5.11 Å². The minimum atomic E-state index is -0.363. The molecule has 1 saturated heterocycles. The van der Waals surface area contributed by atoms with Crippen LogP contribution in [0.25, 0.3) is 0 Å². The number of rotatable bonds is 2. The summed E-state index contributed by atoms with van der Waals surface area (Å²) in [4.78, 5) is 0. The minimum Gasteiger partial charge on any atom is -0.387 e. The lowest BCUT2D eigenvalue weighted by Crippen LogP contribution is -2.60. The third-order valence-corrected chi connectivity index (χ3v) is 3.88. The largest absolute Gasteiger partial charge is 0.387 e. The van der Waals surface area contributed by atoms with Crippen LogP contribution in [0.2, 0.25) is 0 Å². The first-order valence-electron chi connectivity index (χ1n) is 5.92. The number of β-amino-alcohol motifs (C(OH)–C–C–N with tert-alkyl or cyclic N) is 1. The molecule has 0 radical (unpaired) electrons. The fourth-order valence-corrected chi connectivity index (χ4v) is 3.12. The summed E-state index contributed by atoms with van der Waals surface area (Å²) in [6.45, 7) is 6.35. The zero-order valence-corrected chi connectivity index (χ0v) is 9.47. The first-order chi connectivity index (χ1) is 6.49. The van der Waals surface area contributed by atoms with E-state index in [-0.39, 0.29) is 5.60 Å². The van der Waals surface area contributed by atoms with Crippen molar-refractivity contribution in [3.05, 3.63) is 0 Å². The van der Waals surface area contributed by atoms with E-state index in [0.717, 1.165) is 25.4 Å². The molecule has 0 aromatic carbocycles. The average molecular weight is 197 g/mol. The minimum absolute atomic E-state index is 0.363. The topological polar surface area (TPSA) is 32.3 Å². The summed E-state index contributed by atoms with van der Waals surface area (Å²) in [6.07, 6.45) is 6.35. The highest BCUT2D eigenvalue weighted by molar-refractivity contribution is 4.95. The average Bonchev–Trinajstić information content (AvgIpc) is 1.99. The van der Waals surface area contributed by atoms with E-state index >= 15 is 0 Å². The van der Waals surface area contributed by atoms with Crippen LogP contribution in [-0.2, 0) is 0 Å². The molecule has 2 aliphatic rings. The third kappa shape index (κ3) is 2.29. The third-order valence-electron chi connectivity index (χ3n) is 3.88. The normalized spacial score (nSPS) is 34.9.